The van der Waals surface area contributed by atoms with Gasteiger partial charge in [0.2, 0.25) is 0 Å². The Morgan fingerprint density at radius 2 is 1.24 bits per heavy atom. The van der Waals surface area contributed by atoms with E-state index < -0.39 is 15.7 Å². The van der Waals surface area contributed by atoms with Crippen LogP contribution < -0.4 is 9.47 Å². The van der Waals surface area contributed by atoms with E-state index in [4.69, 9.17) is 9.47 Å². The first kappa shape index (κ1) is 31.0. The summed E-state index contributed by atoms with van der Waals surface area (Å²) < 4.78 is 55.8. The third-order valence-electron chi connectivity index (χ3n) is 6.02. The molecule has 0 aromatic heterocycles. The Bertz CT molecular complexity index is 1620. The van der Waals surface area contributed by atoms with E-state index in [9.17, 15) is 17.5 Å². The molecule has 0 aliphatic carbocycles. The van der Waals surface area contributed by atoms with Gasteiger partial charge < -0.3 is 14.0 Å². The van der Waals surface area contributed by atoms with Crippen LogP contribution in [-0.4, -0.2) is 23.1 Å². The zero-order valence-electron chi connectivity index (χ0n) is 23.8. The molecule has 4 aromatic carbocycles. The molecule has 0 bridgehead atoms. The molecule has 4 rings (SSSR count). The van der Waals surface area contributed by atoms with Crippen molar-refractivity contribution in [3.8, 4) is 28.4 Å². The zero-order valence-corrected chi connectivity index (χ0v) is 26.3. The highest BCUT2D eigenvalue weighted by Crippen LogP contribution is 2.38. The molecule has 0 saturated carbocycles. The molecule has 9 heteroatoms. The van der Waals surface area contributed by atoms with Crippen LogP contribution in [0.25, 0.3) is 11.1 Å². The molecule has 0 aliphatic rings. The van der Waals surface area contributed by atoms with Crippen molar-refractivity contribution in [3.63, 3.8) is 0 Å². The van der Waals surface area contributed by atoms with E-state index >= 15 is 0 Å². The van der Waals surface area contributed by atoms with E-state index in [0.29, 0.717) is 39.6 Å². The van der Waals surface area contributed by atoms with Crippen molar-refractivity contribution in [1.29, 1.82) is 0 Å². The fourth-order valence-electron chi connectivity index (χ4n) is 4.01. The normalized spacial score (nSPS) is 12.3. The molecule has 0 heterocycles. The minimum absolute atomic E-state index is 0.0593. The SMILES string of the molecule is CC(C)(C)Oc1ccc(-c2ccc(Oc3ccc(Sc4ccc(C(C)(C)C)cc4)cc3)c(SO)c2)cc1S(=O)(=O)O. The Hall–Kier alpha value is -2.95. The molecule has 4 aromatic rings. The highest BCUT2D eigenvalue weighted by molar-refractivity contribution is 7.99. The van der Waals surface area contributed by atoms with Crippen LogP contribution in [0.4, 0.5) is 0 Å². The van der Waals surface area contributed by atoms with Crippen molar-refractivity contribution in [2.75, 3.05) is 0 Å². The Kier molecular flexibility index (Phi) is 9.16. The van der Waals surface area contributed by atoms with Gasteiger partial charge in [-0.1, -0.05) is 56.8 Å². The standard InChI is InChI=1S/C32H34O6S3/c1-31(2,3)23-9-13-25(14-10-23)39-26-15-11-24(12-16-26)37-27-17-7-21(19-29(27)40-33)22-8-18-28(38-32(4,5)6)30(20-22)41(34,35)36/h7-20,33H,1-6H3,(H,34,35,36). The van der Waals surface area contributed by atoms with E-state index in [2.05, 4.69) is 45.0 Å². The smallest absolute Gasteiger partial charge is 0.298 e. The Balaban J connectivity index is 1.52. The first-order valence-corrected chi connectivity index (χ1v) is 16.0. The van der Waals surface area contributed by atoms with E-state index in [1.54, 1.807) is 56.8 Å². The third kappa shape index (κ3) is 8.30. The number of hydrogen-bond acceptors (Lipinski definition) is 7. The zero-order chi connectivity index (χ0) is 30.0. The van der Waals surface area contributed by atoms with E-state index in [0.717, 1.165) is 9.79 Å². The summed E-state index contributed by atoms with van der Waals surface area (Å²) in [4.78, 5) is 2.34. The number of ether oxygens (including phenoxy) is 2. The molecule has 0 unspecified atom stereocenters. The van der Waals surface area contributed by atoms with Crippen LogP contribution in [0.5, 0.6) is 17.2 Å². The largest absolute Gasteiger partial charge is 0.487 e. The molecule has 216 valence electrons. The lowest BCUT2D eigenvalue weighted by atomic mass is 9.87. The highest BCUT2D eigenvalue weighted by atomic mass is 32.2. The average molecular weight is 611 g/mol. The summed E-state index contributed by atoms with van der Waals surface area (Å²) >= 11 is 2.20. The molecule has 0 radical (unpaired) electrons. The molecule has 0 aliphatic heterocycles. The van der Waals surface area contributed by atoms with Crippen LogP contribution in [0.2, 0.25) is 0 Å². The lowest BCUT2D eigenvalue weighted by Gasteiger charge is -2.23. The quantitative estimate of drug-likeness (QED) is 0.150. The minimum Gasteiger partial charge on any atom is -0.487 e. The molecular formula is C32H34O6S3. The van der Waals surface area contributed by atoms with Gasteiger partial charge in [0.25, 0.3) is 10.1 Å². The Labute approximate surface area is 251 Å². The summed E-state index contributed by atoms with van der Waals surface area (Å²) in [6.07, 6.45) is 0. The molecule has 0 amide bonds. The van der Waals surface area contributed by atoms with Gasteiger partial charge in [-0.15, -0.1) is 0 Å². The van der Waals surface area contributed by atoms with Gasteiger partial charge in [0.05, 0.1) is 4.90 Å². The lowest BCUT2D eigenvalue weighted by molar-refractivity contribution is 0.126. The molecule has 0 atom stereocenters. The van der Waals surface area contributed by atoms with Crippen LogP contribution in [0.3, 0.4) is 0 Å². The number of rotatable bonds is 8. The predicted octanol–water partition coefficient (Wildman–Crippen LogP) is 9.58. The molecule has 0 spiro atoms. The van der Waals surface area contributed by atoms with Crippen LogP contribution in [0.1, 0.15) is 47.1 Å². The summed E-state index contributed by atoms with van der Waals surface area (Å²) in [6.45, 7) is 12.0. The maximum Gasteiger partial charge on any atom is 0.298 e. The second kappa shape index (κ2) is 12.1. The topological polar surface area (TPSA) is 93.1 Å². The van der Waals surface area contributed by atoms with Crippen molar-refractivity contribution in [3.05, 3.63) is 90.5 Å². The summed E-state index contributed by atoms with van der Waals surface area (Å²) in [5.41, 5.74) is 1.90. The minimum atomic E-state index is -4.54. The third-order valence-corrected chi connectivity index (χ3v) is 8.43. The van der Waals surface area contributed by atoms with Gasteiger partial charge in [-0.2, -0.15) is 8.42 Å². The monoisotopic (exact) mass is 610 g/mol. The second-order valence-corrected chi connectivity index (χ2v) is 14.7. The van der Waals surface area contributed by atoms with Crippen LogP contribution in [0, 0.1) is 0 Å². The Morgan fingerprint density at radius 1 is 0.707 bits per heavy atom. The van der Waals surface area contributed by atoms with Crippen molar-refractivity contribution >= 4 is 33.9 Å². The molecule has 0 fully saturated rings. The first-order chi connectivity index (χ1) is 19.1. The van der Waals surface area contributed by atoms with Gasteiger partial charge in [0, 0.05) is 21.8 Å². The van der Waals surface area contributed by atoms with Crippen LogP contribution in [-0.2, 0) is 15.5 Å². The van der Waals surface area contributed by atoms with E-state index in [1.807, 2.05) is 24.3 Å². The fraction of sp³-hybridized carbons (Fsp3) is 0.250. The molecule has 2 N–H and O–H groups in total. The van der Waals surface area contributed by atoms with Gasteiger partial charge in [0.15, 0.2) is 0 Å². The molecule has 6 nitrogen and oxygen atoms in total. The van der Waals surface area contributed by atoms with Crippen molar-refractivity contribution in [2.45, 2.75) is 72.1 Å². The van der Waals surface area contributed by atoms with Crippen molar-refractivity contribution in [2.24, 2.45) is 0 Å². The Morgan fingerprint density at radius 3 is 1.76 bits per heavy atom. The van der Waals surface area contributed by atoms with Gasteiger partial charge in [-0.3, -0.25) is 4.55 Å². The van der Waals surface area contributed by atoms with Crippen molar-refractivity contribution < 1.29 is 27.0 Å². The van der Waals surface area contributed by atoms with Gasteiger partial charge >= 0.3 is 0 Å². The summed E-state index contributed by atoms with van der Waals surface area (Å²) in [7, 11) is -4.54. The number of benzene rings is 4. The molecular weight excluding hydrogens is 577 g/mol. The number of hydrogen-bond donors (Lipinski definition) is 2. The highest BCUT2D eigenvalue weighted by Gasteiger charge is 2.22. The van der Waals surface area contributed by atoms with Crippen LogP contribution >= 0.6 is 23.8 Å². The van der Waals surface area contributed by atoms with Gasteiger partial charge in [-0.05, 0) is 104 Å². The van der Waals surface area contributed by atoms with Crippen molar-refractivity contribution in [1.82, 2.24) is 0 Å². The van der Waals surface area contributed by atoms with Gasteiger partial charge in [-0.25, -0.2) is 0 Å². The fourth-order valence-corrected chi connectivity index (χ4v) is 5.84. The summed E-state index contributed by atoms with van der Waals surface area (Å²) in [5, 5.41) is 0. The molecule has 0 saturated heterocycles. The van der Waals surface area contributed by atoms with Crippen LogP contribution in [0.15, 0.2) is 105 Å². The first-order valence-electron chi connectivity index (χ1n) is 13.0. The van der Waals surface area contributed by atoms with E-state index in [1.165, 1.54) is 17.7 Å². The van der Waals surface area contributed by atoms with E-state index in [-0.39, 0.29) is 16.1 Å². The second-order valence-electron chi connectivity index (χ2n) is 11.6. The molecule has 41 heavy (non-hydrogen) atoms. The lowest BCUT2D eigenvalue weighted by Crippen LogP contribution is -2.24. The average Bonchev–Trinajstić information content (AvgIpc) is 2.88. The summed E-state index contributed by atoms with van der Waals surface area (Å²) in [5.74, 6) is 1.11. The maximum atomic E-state index is 12.1. The predicted molar refractivity (Wildman–Crippen MR) is 166 cm³/mol. The summed E-state index contributed by atoms with van der Waals surface area (Å²) in [6, 6.07) is 26.0. The van der Waals surface area contributed by atoms with Gasteiger partial charge in [0.1, 0.15) is 27.7 Å². The maximum absolute atomic E-state index is 12.1.